The van der Waals surface area contributed by atoms with Gasteiger partial charge in [-0.3, -0.25) is 4.57 Å². The fraction of sp³-hybridized carbons (Fsp3) is 0.857. The van der Waals surface area contributed by atoms with Crippen molar-refractivity contribution in [2.24, 2.45) is 5.14 Å². The first-order chi connectivity index (χ1) is 9.68. The van der Waals surface area contributed by atoms with E-state index in [4.69, 9.17) is 5.14 Å². The highest BCUT2D eigenvalue weighted by molar-refractivity contribution is 7.89. The monoisotopic (exact) mass is 316 g/mol. The van der Waals surface area contributed by atoms with Gasteiger partial charge >= 0.3 is 0 Å². The number of aryl methyl sites for hydroxylation is 1. The van der Waals surface area contributed by atoms with Crippen LogP contribution in [0, 0.1) is 0 Å². The van der Waals surface area contributed by atoms with Crippen molar-refractivity contribution in [1.29, 1.82) is 0 Å². The van der Waals surface area contributed by atoms with Gasteiger partial charge in [0.05, 0.1) is 0 Å². The minimum atomic E-state index is -3.85. The third-order valence-corrected chi connectivity index (χ3v) is 4.15. The van der Waals surface area contributed by atoms with Crippen LogP contribution in [0.1, 0.15) is 72.0 Å². The van der Waals surface area contributed by atoms with Gasteiger partial charge in [-0.2, -0.15) is 0 Å². The van der Waals surface area contributed by atoms with E-state index >= 15 is 0 Å². The van der Waals surface area contributed by atoms with E-state index in [-0.39, 0.29) is 5.16 Å². The molecule has 0 fully saturated rings. The Morgan fingerprint density at radius 3 is 2.14 bits per heavy atom. The zero-order chi connectivity index (χ0) is 16.1. The van der Waals surface area contributed by atoms with Crippen molar-refractivity contribution in [3.63, 3.8) is 0 Å². The van der Waals surface area contributed by atoms with Gasteiger partial charge in [0.25, 0.3) is 15.2 Å². The molecule has 2 N–H and O–H groups in total. The van der Waals surface area contributed by atoms with Crippen LogP contribution in [0.15, 0.2) is 5.16 Å². The van der Waals surface area contributed by atoms with E-state index in [2.05, 4.69) is 17.1 Å². The summed E-state index contributed by atoms with van der Waals surface area (Å²) in [6, 6.07) is 0. The molecule has 0 unspecified atom stereocenters. The van der Waals surface area contributed by atoms with Gasteiger partial charge in [0, 0.05) is 12.0 Å². The summed E-state index contributed by atoms with van der Waals surface area (Å²) in [5.74, 6) is 0.696. The van der Waals surface area contributed by atoms with Gasteiger partial charge in [0.15, 0.2) is 0 Å². The second-order valence-corrected chi connectivity index (χ2v) is 7.92. The maximum Gasteiger partial charge on any atom is 0.273 e. The number of aromatic nitrogens is 3. The van der Waals surface area contributed by atoms with E-state index in [1.54, 1.807) is 4.57 Å². The molecule has 0 spiro atoms. The average Bonchev–Trinajstić information content (AvgIpc) is 2.77. The summed E-state index contributed by atoms with van der Waals surface area (Å²) in [5.41, 5.74) is -0.414. The maximum atomic E-state index is 11.6. The largest absolute Gasteiger partial charge is 0.295 e. The van der Waals surface area contributed by atoms with E-state index in [1.165, 1.54) is 25.7 Å². The average molecular weight is 316 g/mol. The zero-order valence-corrected chi connectivity index (χ0v) is 14.4. The lowest BCUT2D eigenvalue weighted by molar-refractivity contribution is 0.348. The number of nitrogens with two attached hydrogens (primary N) is 1. The highest BCUT2D eigenvalue weighted by atomic mass is 32.2. The fourth-order valence-electron chi connectivity index (χ4n) is 2.38. The molecule has 0 radical (unpaired) electrons. The van der Waals surface area contributed by atoms with E-state index in [0.29, 0.717) is 5.82 Å². The first-order valence-electron chi connectivity index (χ1n) is 7.65. The second-order valence-electron chi connectivity index (χ2n) is 6.47. The Hall–Kier alpha value is -0.950. The Kier molecular flexibility index (Phi) is 6.34. The lowest BCUT2D eigenvalue weighted by atomic mass is 10.1. The Bertz CT molecular complexity index is 544. The van der Waals surface area contributed by atoms with Crippen molar-refractivity contribution >= 4 is 10.0 Å². The second kappa shape index (κ2) is 7.35. The van der Waals surface area contributed by atoms with E-state index in [9.17, 15) is 8.42 Å². The minimum absolute atomic E-state index is 0.143. The third-order valence-electron chi connectivity index (χ3n) is 3.38. The van der Waals surface area contributed by atoms with E-state index in [0.717, 1.165) is 19.3 Å². The fourth-order valence-corrected chi connectivity index (χ4v) is 3.17. The topological polar surface area (TPSA) is 90.9 Å². The molecule has 1 aromatic heterocycles. The Morgan fingerprint density at radius 1 is 1.05 bits per heavy atom. The smallest absolute Gasteiger partial charge is 0.273 e. The standard InChI is InChI=1S/C14H28N4O2S/c1-5-6-7-8-9-10-11-12-16-17-13(21(15,19)20)18(12)14(2,3)4/h5-11H2,1-4H3,(H2,15,19,20). The number of primary sulfonamides is 1. The van der Waals surface area contributed by atoms with Crippen molar-refractivity contribution < 1.29 is 8.42 Å². The summed E-state index contributed by atoms with van der Waals surface area (Å²) < 4.78 is 24.9. The Balaban J connectivity index is 2.77. The van der Waals surface area contributed by atoms with Gasteiger partial charge in [-0.25, -0.2) is 13.6 Å². The van der Waals surface area contributed by atoms with E-state index < -0.39 is 15.6 Å². The molecule has 0 aliphatic rings. The molecule has 7 heteroatoms. The molecule has 0 atom stereocenters. The third kappa shape index (κ3) is 5.39. The molecule has 21 heavy (non-hydrogen) atoms. The van der Waals surface area contributed by atoms with Crippen LogP contribution < -0.4 is 5.14 Å². The van der Waals surface area contributed by atoms with Gasteiger partial charge in [0.1, 0.15) is 5.82 Å². The molecule has 0 saturated heterocycles. The molecule has 1 aromatic rings. The molecular formula is C14H28N4O2S. The highest BCUT2D eigenvalue weighted by Crippen LogP contribution is 2.22. The summed E-state index contributed by atoms with van der Waals surface area (Å²) >= 11 is 0. The van der Waals surface area contributed by atoms with Crippen LogP contribution in [-0.4, -0.2) is 23.2 Å². The number of sulfonamides is 1. The van der Waals surface area contributed by atoms with Crippen LogP contribution in [0.3, 0.4) is 0 Å². The van der Waals surface area contributed by atoms with Crippen molar-refractivity contribution in [2.45, 2.75) is 83.3 Å². The van der Waals surface area contributed by atoms with Crippen molar-refractivity contribution in [3.8, 4) is 0 Å². The molecule has 1 heterocycles. The summed E-state index contributed by atoms with van der Waals surface area (Å²) in [6.45, 7) is 7.97. The molecule has 6 nitrogen and oxygen atoms in total. The Labute approximate surface area is 128 Å². The van der Waals surface area contributed by atoms with E-state index in [1.807, 2.05) is 20.8 Å². The SMILES string of the molecule is CCCCCCCCc1nnc(S(N)(=O)=O)n1C(C)(C)C. The number of rotatable bonds is 8. The summed E-state index contributed by atoms with van der Waals surface area (Å²) in [6.07, 6.45) is 7.81. The molecule has 0 amide bonds. The molecule has 0 saturated carbocycles. The van der Waals surface area contributed by atoms with Gasteiger partial charge in [-0.05, 0) is 27.2 Å². The normalized spacial score (nSPS) is 12.8. The van der Waals surface area contributed by atoms with Crippen LogP contribution >= 0.6 is 0 Å². The lowest BCUT2D eigenvalue weighted by Crippen LogP contribution is -2.30. The Morgan fingerprint density at radius 2 is 1.62 bits per heavy atom. The van der Waals surface area contributed by atoms with Gasteiger partial charge in [-0.15, -0.1) is 10.2 Å². The molecule has 0 aliphatic carbocycles. The maximum absolute atomic E-state index is 11.6. The zero-order valence-electron chi connectivity index (χ0n) is 13.6. The molecule has 0 aliphatic heterocycles. The number of unbranched alkanes of at least 4 members (excludes halogenated alkanes) is 5. The van der Waals surface area contributed by atoms with Crippen LogP contribution in [0.4, 0.5) is 0 Å². The van der Waals surface area contributed by atoms with Gasteiger partial charge in [-0.1, -0.05) is 39.0 Å². The van der Waals surface area contributed by atoms with Gasteiger partial charge < -0.3 is 0 Å². The summed E-state index contributed by atoms with van der Waals surface area (Å²) in [4.78, 5) is 0. The minimum Gasteiger partial charge on any atom is -0.295 e. The van der Waals surface area contributed by atoms with Crippen molar-refractivity contribution in [1.82, 2.24) is 14.8 Å². The van der Waals surface area contributed by atoms with Gasteiger partial charge in [0.2, 0.25) is 0 Å². The summed E-state index contributed by atoms with van der Waals surface area (Å²) in [5, 5.41) is 12.9. The van der Waals surface area contributed by atoms with Crippen LogP contribution in [0.25, 0.3) is 0 Å². The first-order valence-corrected chi connectivity index (χ1v) is 9.20. The quantitative estimate of drug-likeness (QED) is 0.746. The highest BCUT2D eigenvalue weighted by Gasteiger charge is 2.28. The van der Waals surface area contributed by atoms with Crippen LogP contribution in [0.5, 0.6) is 0 Å². The van der Waals surface area contributed by atoms with Crippen molar-refractivity contribution in [2.75, 3.05) is 0 Å². The molecular weight excluding hydrogens is 288 g/mol. The molecule has 0 aromatic carbocycles. The molecule has 0 bridgehead atoms. The van der Waals surface area contributed by atoms with Crippen molar-refractivity contribution in [3.05, 3.63) is 5.82 Å². The van der Waals surface area contributed by atoms with Crippen LogP contribution in [0.2, 0.25) is 0 Å². The predicted molar refractivity (Wildman–Crippen MR) is 83.5 cm³/mol. The lowest BCUT2D eigenvalue weighted by Gasteiger charge is -2.24. The number of hydrogen-bond donors (Lipinski definition) is 1. The number of nitrogens with zero attached hydrogens (tertiary/aromatic N) is 3. The van der Waals surface area contributed by atoms with Crippen LogP contribution in [-0.2, 0) is 22.0 Å². The first kappa shape index (κ1) is 18.1. The molecule has 1 rings (SSSR count). The summed E-state index contributed by atoms with van der Waals surface area (Å²) in [7, 11) is -3.85. The predicted octanol–water partition coefficient (Wildman–Crippen LogP) is 2.58. The molecule has 122 valence electrons. The number of hydrogen-bond acceptors (Lipinski definition) is 4.